The third kappa shape index (κ3) is 12.3. The number of nitrogens with two attached hydrogens (primary N) is 2. The zero-order valence-electron chi connectivity index (χ0n) is 37.2. The summed E-state index contributed by atoms with van der Waals surface area (Å²) in [5.74, 6) is -6.19. The normalized spacial score (nSPS) is 33.2. The Morgan fingerprint density at radius 2 is 1.44 bits per heavy atom. The number of nitrogen functional groups attached to an aromatic ring is 1. The molecule has 0 spiro atoms. The number of carbonyl (C=O) groups excluding carboxylic acids is 5. The number of phenols is 1. The molecule has 3 fully saturated rings. The van der Waals surface area contributed by atoms with Crippen molar-refractivity contribution in [3.8, 4) is 5.75 Å². The lowest BCUT2D eigenvalue weighted by Gasteiger charge is -2.36. The van der Waals surface area contributed by atoms with Crippen molar-refractivity contribution < 1.29 is 74.0 Å². The zero-order valence-corrected chi connectivity index (χ0v) is 37.2. The Kier molecular flexibility index (Phi) is 17.5. The summed E-state index contributed by atoms with van der Waals surface area (Å²) in [6.45, 7) is 5.22. The quantitative estimate of drug-likeness (QED) is 0.0624. The molecule has 0 saturated carbocycles. The van der Waals surface area contributed by atoms with E-state index in [2.05, 4.69) is 21.3 Å². The molecule has 1 aromatic carbocycles. The highest BCUT2D eigenvalue weighted by Gasteiger charge is 2.50. The number of likely N-dealkylation sites (N-methyl/N-ethyl adjacent to an activating group) is 1. The number of aliphatic hydroxyl groups is 7. The lowest BCUT2D eigenvalue weighted by atomic mass is 9.96. The van der Waals surface area contributed by atoms with Gasteiger partial charge in [-0.1, -0.05) is 19.1 Å². The summed E-state index contributed by atoms with van der Waals surface area (Å²) in [6.07, 6.45) is -12.5. The molecule has 360 valence electrons. The Bertz CT molecular complexity index is 1860. The molecule has 3 aliphatic heterocycles. The maximum absolute atomic E-state index is 14.5. The van der Waals surface area contributed by atoms with E-state index in [1.54, 1.807) is 6.92 Å². The Labute approximate surface area is 371 Å². The van der Waals surface area contributed by atoms with Gasteiger partial charge in [0.15, 0.2) is 6.23 Å². The molecule has 15 atom stereocenters. The maximum Gasteiger partial charge on any atom is 0.248 e. The topological polar surface area (TPSA) is 363 Å². The number of aliphatic hydroxyl groups excluding tert-OH is 7. The van der Waals surface area contributed by atoms with E-state index >= 15 is 0 Å². The van der Waals surface area contributed by atoms with Gasteiger partial charge in [0.25, 0.3) is 0 Å². The van der Waals surface area contributed by atoms with E-state index in [-0.39, 0.29) is 48.8 Å². The molecular formula is C41H68N9O14+. The van der Waals surface area contributed by atoms with Crippen molar-refractivity contribution in [3.05, 3.63) is 35.5 Å². The number of hydrogen-bond acceptors (Lipinski definition) is 17. The second-order valence-corrected chi connectivity index (χ2v) is 18.1. The number of ether oxygens (including phenoxy) is 1. The summed E-state index contributed by atoms with van der Waals surface area (Å²) in [4.78, 5) is 73.0. The summed E-state index contributed by atoms with van der Waals surface area (Å²) in [6, 6.07) is -6.28. The Balaban J connectivity index is 1.86. The molecule has 23 heteroatoms. The van der Waals surface area contributed by atoms with Crippen LogP contribution in [0.3, 0.4) is 0 Å². The van der Waals surface area contributed by atoms with Crippen LogP contribution >= 0.6 is 0 Å². The van der Waals surface area contributed by atoms with Crippen molar-refractivity contribution in [1.29, 1.82) is 0 Å². The molecule has 64 heavy (non-hydrogen) atoms. The average Bonchev–Trinajstić information content (AvgIpc) is 3.75. The van der Waals surface area contributed by atoms with E-state index in [1.807, 2.05) is 21.1 Å². The highest BCUT2D eigenvalue weighted by Crippen LogP contribution is 2.30. The predicted molar refractivity (Wildman–Crippen MR) is 228 cm³/mol. The average molecular weight is 911 g/mol. The van der Waals surface area contributed by atoms with Crippen LogP contribution in [0.1, 0.15) is 52.2 Å². The van der Waals surface area contributed by atoms with Gasteiger partial charge in [-0.15, -0.1) is 0 Å². The molecule has 0 bridgehead atoms. The predicted octanol–water partition coefficient (Wildman–Crippen LogP) is -5.61. The maximum atomic E-state index is 14.5. The number of amides is 5. The number of aromatic hydroxyl groups is 1. The SMILES string of the molecule is CC=C1N[C@@H]([C@H](O)[C@@H](O)c2ccc(O)c(N)c2)C(=O)N[C@@H]([C@@H](C)O)C(=O)N2C[C@H](C)[C@H](O)[C@H]2C(=O)N[C@H](OCC[N+](C)(C)C)[C@H](O)CC(N)C(=O)N[C@@H]([C@@H](C)O)C(=O)N2C[C@H](O)C[C@@H]12. The minimum absolute atomic E-state index is 0.0207. The first kappa shape index (κ1) is 51.9. The van der Waals surface area contributed by atoms with Crippen LogP contribution in [0, 0.1) is 5.92 Å². The van der Waals surface area contributed by atoms with Crippen LogP contribution in [0.25, 0.3) is 0 Å². The minimum Gasteiger partial charge on any atom is -0.506 e. The van der Waals surface area contributed by atoms with Gasteiger partial charge >= 0.3 is 0 Å². The molecule has 3 aliphatic rings. The van der Waals surface area contributed by atoms with Gasteiger partial charge in [0, 0.05) is 37.5 Å². The lowest BCUT2D eigenvalue weighted by molar-refractivity contribution is -0.870. The monoisotopic (exact) mass is 910 g/mol. The fraction of sp³-hybridized carbons (Fsp3) is 0.683. The van der Waals surface area contributed by atoms with Crippen molar-refractivity contribution in [1.82, 2.24) is 31.1 Å². The molecule has 3 saturated heterocycles. The molecule has 16 N–H and O–H groups in total. The fourth-order valence-corrected chi connectivity index (χ4v) is 7.95. The number of phenolic OH excluding ortho intramolecular Hbond substituents is 1. The second kappa shape index (κ2) is 21.5. The van der Waals surface area contributed by atoms with Gasteiger partial charge < -0.3 is 92.6 Å². The first-order valence-corrected chi connectivity index (χ1v) is 21.2. The van der Waals surface area contributed by atoms with Crippen molar-refractivity contribution in [2.24, 2.45) is 11.7 Å². The van der Waals surface area contributed by atoms with Gasteiger partial charge in [-0.25, -0.2) is 0 Å². The van der Waals surface area contributed by atoms with Gasteiger partial charge in [-0.05, 0) is 38.5 Å². The summed E-state index contributed by atoms with van der Waals surface area (Å²) in [7, 11) is 5.59. The van der Waals surface area contributed by atoms with Crippen LogP contribution < -0.4 is 32.7 Å². The van der Waals surface area contributed by atoms with Gasteiger partial charge in [0.2, 0.25) is 29.5 Å². The number of anilines is 1. The van der Waals surface area contributed by atoms with Crippen LogP contribution in [-0.2, 0) is 28.7 Å². The number of benzene rings is 1. The van der Waals surface area contributed by atoms with Crippen molar-refractivity contribution in [2.45, 2.75) is 126 Å². The van der Waals surface area contributed by atoms with Crippen molar-refractivity contribution in [3.63, 3.8) is 0 Å². The smallest absolute Gasteiger partial charge is 0.248 e. The van der Waals surface area contributed by atoms with Crippen LogP contribution in [0.15, 0.2) is 30.0 Å². The zero-order chi connectivity index (χ0) is 48.1. The number of nitrogens with one attached hydrogen (secondary N) is 4. The molecule has 4 rings (SSSR count). The highest BCUT2D eigenvalue weighted by atomic mass is 16.5. The molecule has 0 aromatic heterocycles. The first-order chi connectivity index (χ1) is 29.8. The third-order valence-electron chi connectivity index (χ3n) is 11.8. The number of allylic oxidation sites excluding steroid dienone is 1. The van der Waals surface area contributed by atoms with Gasteiger partial charge in [0.1, 0.15) is 54.8 Å². The van der Waals surface area contributed by atoms with Crippen molar-refractivity contribution in [2.75, 3.05) is 53.1 Å². The van der Waals surface area contributed by atoms with E-state index in [9.17, 15) is 64.8 Å². The molecule has 0 aliphatic carbocycles. The molecule has 23 nitrogen and oxygen atoms in total. The van der Waals surface area contributed by atoms with Gasteiger partial charge in [0.05, 0.1) is 69.9 Å². The van der Waals surface area contributed by atoms with Crippen LogP contribution in [0.4, 0.5) is 5.69 Å². The van der Waals surface area contributed by atoms with E-state index < -0.39 is 127 Å². The van der Waals surface area contributed by atoms with E-state index in [0.717, 1.165) is 21.9 Å². The van der Waals surface area contributed by atoms with Crippen LogP contribution in [-0.4, -0.2) is 211 Å². The molecule has 1 unspecified atom stereocenters. The number of quaternary nitrogens is 1. The lowest BCUT2D eigenvalue weighted by Crippen LogP contribution is -2.63. The number of rotatable bonds is 9. The standard InChI is InChI=1S/C41H67N9O14/c1-8-25-26-14-22(53)17-48(26)40(62)29(19(3)51)45-36(59)24(43)15-28(55)39(64-12-11-50(5,6)7)47-38(61)32-33(56)18(2)16-49(32)41(63)30(20(4)52)46-37(60)31(44-25)35(58)34(57)21-9-10-27(54)23(42)13-21/h8-10,13,18-20,22,24,26,28-35,39,44,51-53,55-58H,11-12,14-17,42-43H2,1-7H3,(H3-,45,46,47,54,59,60,61)/p+1/t18-,19+,20+,22+,24?,26-,28+,29-,30-,31-,32-,33-,34-,35-,39+/m0/s1. The minimum atomic E-state index is -2.11. The Hall–Kier alpha value is -4.69. The summed E-state index contributed by atoms with van der Waals surface area (Å²) in [5, 5.41) is 98.9. The highest BCUT2D eigenvalue weighted by molar-refractivity contribution is 5.95. The molecular weight excluding hydrogens is 842 g/mol. The fourth-order valence-electron chi connectivity index (χ4n) is 7.95. The summed E-state index contributed by atoms with van der Waals surface area (Å²) < 4.78 is 6.31. The first-order valence-electron chi connectivity index (χ1n) is 21.2. The van der Waals surface area contributed by atoms with Gasteiger partial charge in [-0.3, -0.25) is 24.0 Å². The molecule has 5 amide bonds. The van der Waals surface area contributed by atoms with Crippen molar-refractivity contribution >= 4 is 35.2 Å². The number of nitrogens with zero attached hydrogens (tertiary/aromatic N) is 3. The second-order valence-electron chi connectivity index (χ2n) is 18.1. The van der Waals surface area contributed by atoms with E-state index in [1.165, 1.54) is 32.9 Å². The van der Waals surface area contributed by atoms with Gasteiger partial charge in [-0.2, -0.15) is 0 Å². The summed E-state index contributed by atoms with van der Waals surface area (Å²) in [5.41, 5.74) is 11.9. The summed E-state index contributed by atoms with van der Waals surface area (Å²) >= 11 is 0. The van der Waals surface area contributed by atoms with Crippen LogP contribution in [0.2, 0.25) is 0 Å². The largest absolute Gasteiger partial charge is 0.506 e. The molecule has 1 aromatic rings. The third-order valence-corrected chi connectivity index (χ3v) is 11.8. The molecule has 0 radical (unpaired) electrons. The Morgan fingerprint density at radius 3 is 2.00 bits per heavy atom. The van der Waals surface area contributed by atoms with E-state index in [4.69, 9.17) is 16.2 Å². The number of hydrogen-bond donors (Lipinski definition) is 14. The Morgan fingerprint density at radius 1 is 0.844 bits per heavy atom. The molecule has 3 heterocycles. The number of carbonyl (C=O) groups is 5. The number of fused-ring (bicyclic) bond motifs is 2. The van der Waals surface area contributed by atoms with E-state index in [0.29, 0.717) is 11.0 Å². The van der Waals surface area contributed by atoms with Crippen LogP contribution in [0.5, 0.6) is 5.75 Å².